The van der Waals surface area contributed by atoms with E-state index in [4.69, 9.17) is 0 Å². The first-order chi connectivity index (χ1) is 12.6. The van der Waals surface area contributed by atoms with E-state index in [1.54, 1.807) is 6.07 Å². The van der Waals surface area contributed by atoms with Crippen molar-refractivity contribution < 1.29 is 18.0 Å². The molecular formula is C18H20BrN3O4S. The maximum absolute atomic E-state index is 12.4. The Morgan fingerprint density at radius 1 is 1.11 bits per heavy atom. The highest BCUT2D eigenvalue weighted by molar-refractivity contribution is 9.10. The van der Waals surface area contributed by atoms with E-state index in [2.05, 4.69) is 26.0 Å². The highest BCUT2D eigenvalue weighted by Crippen LogP contribution is 2.20. The lowest BCUT2D eigenvalue weighted by atomic mass is 10.2. The van der Waals surface area contributed by atoms with Crippen LogP contribution in [-0.2, 0) is 14.8 Å². The minimum atomic E-state index is -3.56. The van der Waals surface area contributed by atoms with Gasteiger partial charge in [0.15, 0.2) is 0 Å². The number of nitrogens with zero attached hydrogens (tertiary/aromatic N) is 1. The Balaban J connectivity index is 2.03. The molecule has 0 bridgehead atoms. The van der Waals surface area contributed by atoms with Gasteiger partial charge in [0.1, 0.15) is 0 Å². The van der Waals surface area contributed by atoms with Crippen molar-refractivity contribution in [3.05, 3.63) is 58.1 Å². The van der Waals surface area contributed by atoms with Crippen LogP contribution >= 0.6 is 15.9 Å². The van der Waals surface area contributed by atoms with E-state index >= 15 is 0 Å². The first kappa shape index (κ1) is 21.1. The maximum atomic E-state index is 12.4. The summed E-state index contributed by atoms with van der Waals surface area (Å²) in [5.74, 6) is -0.711. The molecule has 2 N–H and O–H groups in total. The van der Waals surface area contributed by atoms with Gasteiger partial charge in [-0.15, -0.1) is 0 Å². The minimum absolute atomic E-state index is 0.0626. The van der Waals surface area contributed by atoms with Crippen molar-refractivity contribution >= 4 is 43.5 Å². The third kappa shape index (κ3) is 5.38. The van der Waals surface area contributed by atoms with Gasteiger partial charge in [-0.25, -0.2) is 13.1 Å². The van der Waals surface area contributed by atoms with Gasteiger partial charge in [0.05, 0.1) is 11.4 Å². The second kappa shape index (κ2) is 8.64. The van der Waals surface area contributed by atoms with Crippen LogP contribution in [0.25, 0.3) is 0 Å². The normalized spacial score (nSPS) is 11.1. The number of nitrogens with one attached hydrogen (secondary N) is 2. The Bertz CT molecular complexity index is 959. The van der Waals surface area contributed by atoms with Gasteiger partial charge in [0.2, 0.25) is 15.9 Å². The lowest BCUT2D eigenvalue weighted by Crippen LogP contribution is -2.35. The summed E-state index contributed by atoms with van der Waals surface area (Å²) in [7, 11) is -0.742. The molecule has 0 radical (unpaired) electrons. The quantitative estimate of drug-likeness (QED) is 0.701. The molecule has 9 heteroatoms. The topological polar surface area (TPSA) is 95.6 Å². The first-order valence-electron chi connectivity index (χ1n) is 7.99. The van der Waals surface area contributed by atoms with E-state index in [0.29, 0.717) is 11.3 Å². The summed E-state index contributed by atoms with van der Waals surface area (Å²) in [6, 6.07) is 11.0. The molecule has 0 atom stereocenters. The number of carbonyl (C=O) groups is 2. The van der Waals surface area contributed by atoms with Gasteiger partial charge in [-0.1, -0.05) is 15.9 Å². The summed E-state index contributed by atoms with van der Waals surface area (Å²) < 4.78 is 26.6. The number of benzene rings is 2. The monoisotopic (exact) mass is 453 g/mol. The molecule has 7 nitrogen and oxygen atoms in total. The highest BCUT2D eigenvalue weighted by atomic mass is 79.9. The maximum Gasteiger partial charge on any atom is 0.254 e. The van der Waals surface area contributed by atoms with Crippen LogP contribution in [0.15, 0.2) is 51.8 Å². The molecule has 27 heavy (non-hydrogen) atoms. The SMILES string of the molecule is CNS(=O)(=O)c1ccc(C(=O)N(C)CC(=O)Nc2ccc(Br)cc2C)cc1. The molecule has 0 saturated heterocycles. The fourth-order valence-corrected chi connectivity index (χ4v) is 3.56. The molecule has 0 aliphatic heterocycles. The Morgan fingerprint density at radius 2 is 1.74 bits per heavy atom. The molecule has 0 aliphatic carbocycles. The predicted octanol–water partition coefficient (Wildman–Crippen LogP) is 2.38. The van der Waals surface area contributed by atoms with Crippen molar-refractivity contribution in [2.24, 2.45) is 0 Å². The molecule has 0 saturated carbocycles. The van der Waals surface area contributed by atoms with Gasteiger partial charge in [-0.3, -0.25) is 9.59 Å². The molecule has 0 aromatic heterocycles. The van der Waals surface area contributed by atoms with E-state index in [1.165, 1.54) is 43.3 Å². The van der Waals surface area contributed by atoms with Crippen molar-refractivity contribution in [3.63, 3.8) is 0 Å². The van der Waals surface area contributed by atoms with E-state index in [9.17, 15) is 18.0 Å². The number of hydrogen-bond acceptors (Lipinski definition) is 4. The van der Waals surface area contributed by atoms with Crippen LogP contribution in [0.1, 0.15) is 15.9 Å². The van der Waals surface area contributed by atoms with Gasteiger partial charge in [0, 0.05) is 22.8 Å². The number of rotatable bonds is 6. The van der Waals surface area contributed by atoms with Crippen LogP contribution in [0.3, 0.4) is 0 Å². The number of likely N-dealkylation sites (N-methyl/N-ethyl adjacent to an activating group) is 1. The van der Waals surface area contributed by atoms with Crippen molar-refractivity contribution in [2.75, 3.05) is 26.0 Å². The standard InChI is InChI=1S/C18H20BrN3O4S/c1-12-10-14(19)6-9-16(12)21-17(23)11-22(3)18(24)13-4-7-15(8-5-13)27(25,26)20-2/h4-10,20H,11H2,1-3H3,(H,21,23). The number of carbonyl (C=O) groups excluding carboxylic acids is 2. The summed E-state index contributed by atoms with van der Waals surface area (Å²) in [5.41, 5.74) is 1.86. The molecule has 0 fully saturated rings. The van der Waals surface area contributed by atoms with Crippen molar-refractivity contribution in [1.82, 2.24) is 9.62 Å². The summed E-state index contributed by atoms with van der Waals surface area (Å²) >= 11 is 3.36. The van der Waals surface area contributed by atoms with Crippen molar-refractivity contribution in [3.8, 4) is 0 Å². The summed E-state index contributed by atoms with van der Waals surface area (Å²) in [6.45, 7) is 1.74. The Kier molecular flexibility index (Phi) is 6.74. The third-order valence-electron chi connectivity index (χ3n) is 3.87. The number of halogens is 1. The minimum Gasteiger partial charge on any atom is -0.332 e. The van der Waals surface area contributed by atoms with Crippen LogP contribution in [0.2, 0.25) is 0 Å². The van der Waals surface area contributed by atoms with Crippen LogP contribution in [0.4, 0.5) is 5.69 Å². The summed E-state index contributed by atoms with van der Waals surface area (Å²) in [4.78, 5) is 26.0. The van der Waals surface area contributed by atoms with Gasteiger partial charge >= 0.3 is 0 Å². The average molecular weight is 454 g/mol. The molecule has 144 valence electrons. The van der Waals surface area contributed by atoms with E-state index in [0.717, 1.165) is 10.0 Å². The molecule has 2 amide bonds. The molecule has 0 spiro atoms. The number of aryl methyl sites for hydroxylation is 1. The third-order valence-corrected chi connectivity index (χ3v) is 5.79. The van der Waals surface area contributed by atoms with Crippen LogP contribution < -0.4 is 10.0 Å². The fraction of sp³-hybridized carbons (Fsp3) is 0.222. The lowest BCUT2D eigenvalue weighted by molar-refractivity contribution is -0.116. The molecular weight excluding hydrogens is 434 g/mol. The molecule has 2 aromatic carbocycles. The second-order valence-electron chi connectivity index (χ2n) is 5.90. The lowest BCUT2D eigenvalue weighted by Gasteiger charge is -2.17. The number of anilines is 1. The molecule has 0 unspecified atom stereocenters. The van der Waals surface area contributed by atoms with Crippen LogP contribution in [0.5, 0.6) is 0 Å². The Hall–Kier alpha value is -2.23. The number of amides is 2. The zero-order chi connectivity index (χ0) is 20.2. The van der Waals surface area contributed by atoms with Crippen molar-refractivity contribution in [2.45, 2.75) is 11.8 Å². The average Bonchev–Trinajstić information content (AvgIpc) is 2.63. The van der Waals surface area contributed by atoms with Gasteiger partial charge in [-0.05, 0) is 62.0 Å². The summed E-state index contributed by atoms with van der Waals surface area (Å²) in [5, 5.41) is 2.77. The molecule has 0 aliphatic rings. The smallest absolute Gasteiger partial charge is 0.254 e. The number of hydrogen-bond donors (Lipinski definition) is 2. The second-order valence-corrected chi connectivity index (χ2v) is 8.70. The Morgan fingerprint density at radius 3 is 2.30 bits per heavy atom. The van der Waals surface area contributed by atoms with Gasteiger partial charge in [0.25, 0.3) is 5.91 Å². The zero-order valence-corrected chi connectivity index (χ0v) is 17.5. The Labute approximate surface area is 166 Å². The van der Waals surface area contributed by atoms with E-state index in [-0.39, 0.29) is 23.3 Å². The molecule has 2 aromatic rings. The molecule has 2 rings (SSSR count). The predicted molar refractivity (Wildman–Crippen MR) is 107 cm³/mol. The zero-order valence-electron chi connectivity index (χ0n) is 15.1. The summed E-state index contributed by atoms with van der Waals surface area (Å²) in [6.07, 6.45) is 0. The van der Waals surface area contributed by atoms with Gasteiger partial charge < -0.3 is 10.2 Å². The van der Waals surface area contributed by atoms with Gasteiger partial charge in [-0.2, -0.15) is 0 Å². The first-order valence-corrected chi connectivity index (χ1v) is 10.3. The van der Waals surface area contributed by atoms with Crippen LogP contribution in [0, 0.1) is 6.92 Å². The highest BCUT2D eigenvalue weighted by Gasteiger charge is 2.17. The van der Waals surface area contributed by atoms with Crippen LogP contribution in [-0.4, -0.2) is 45.8 Å². The number of sulfonamides is 1. The van der Waals surface area contributed by atoms with Crippen molar-refractivity contribution in [1.29, 1.82) is 0 Å². The van der Waals surface area contributed by atoms with E-state index in [1.807, 2.05) is 19.1 Å². The fourth-order valence-electron chi connectivity index (χ4n) is 2.36. The molecule has 0 heterocycles. The van der Waals surface area contributed by atoms with E-state index < -0.39 is 10.0 Å². The largest absolute Gasteiger partial charge is 0.332 e.